The summed E-state index contributed by atoms with van der Waals surface area (Å²) in [5, 5.41) is 3.12. The molecule has 0 bridgehead atoms. The first-order chi connectivity index (χ1) is 12.1. The molecule has 1 aliphatic heterocycles. The fraction of sp³-hybridized carbons (Fsp3) is 0.478. The van der Waals surface area contributed by atoms with Gasteiger partial charge in [0.15, 0.2) is 0 Å². The van der Waals surface area contributed by atoms with Gasteiger partial charge >= 0.3 is 0 Å². The summed E-state index contributed by atoms with van der Waals surface area (Å²) < 4.78 is 0. The van der Waals surface area contributed by atoms with E-state index in [-0.39, 0.29) is 0 Å². The molecule has 0 saturated heterocycles. The van der Waals surface area contributed by atoms with Crippen LogP contribution in [0, 0.1) is 11.8 Å². The molecule has 2 aliphatic rings. The van der Waals surface area contributed by atoms with Crippen molar-refractivity contribution < 1.29 is 0 Å². The van der Waals surface area contributed by atoms with Gasteiger partial charge in [0.1, 0.15) is 0 Å². The zero-order valence-electron chi connectivity index (χ0n) is 16.0. The number of nitrogens with zero attached hydrogens (tertiary/aromatic N) is 1. The normalized spacial score (nSPS) is 23.2. The molecular weight excluding hydrogens is 304 g/mol. The maximum Gasteiger partial charge on any atom is 0.0429 e. The molecule has 134 valence electrons. The van der Waals surface area contributed by atoms with Gasteiger partial charge in [-0.05, 0) is 60.3 Å². The summed E-state index contributed by atoms with van der Waals surface area (Å²) in [7, 11) is 1.92. The third-order valence-corrected chi connectivity index (χ3v) is 5.82. The van der Waals surface area contributed by atoms with Gasteiger partial charge in [0, 0.05) is 31.5 Å². The highest BCUT2D eigenvalue weighted by Gasteiger charge is 2.28. The maximum absolute atomic E-state index is 4.04. The Morgan fingerprint density at radius 2 is 2.04 bits per heavy atom. The molecule has 25 heavy (non-hydrogen) atoms. The summed E-state index contributed by atoms with van der Waals surface area (Å²) in [6.45, 7) is 11.0. The number of rotatable bonds is 5. The average Bonchev–Trinajstić information content (AvgIpc) is 2.82. The quantitative estimate of drug-likeness (QED) is 0.780. The van der Waals surface area contributed by atoms with Gasteiger partial charge in [0.05, 0.1) is 0 Å². The third-order valence-electron chi connectivity index (χ3n) is 5.82. The molecule has 2 unspecified atom stereocenters. The summed E-state index contributed by atoms with van der Waals surface area (Å²) in [6.07, 6.45) is 9.86. The van der Waals surface area contributed by atoms with E-state index in [9.17, 15) is 0 Å². The van der Waals surface area contributed by atoms with E-state index >= 15 is 0 Å². The van der Waals surface area contributed by atoms with Crippen LogP contribution in [0.1, 0.15) is 50.7 Å². The van der Waals surface area contributed by atoms with Crippen molar-refractivity contribution >= 4 is 5.70 Å². The highest BCUT2D eigenvalue weighted by atomic mass is 15.1. The summed E-state index contributed by atoms with van der Waals surface area (Å²) in [6, 6.07) is 8.84. The van der Waals surface area contributed by atoms with Crippen LogP contribution in [-0.4, -0.2) is 18.5 Å². The second kappa shape index (κ2) is 7.95. The van der Waals surface area contributed by atoms with E-state index in [0.29, 0.717) is 5.92 Å². The van der Waals surface area contributed by atoms with Crippen LogP contribution in [0.4, 0.5) is 0 Å². The summed E-state index contributed by atoms with van der Waals surface area (Å²) in [5.74, 6) is 1.45. The molecule has 0 aromatic heterocycles. The van der Waals surface area contributed by atoms with Crippen LogP contribution in [-0.2, 0) is 6.54 Å². The zero-order chi connectivity index (χ0) is 17.8. The lowest BCUT2D eigenvalue weighted by Crippen LogP contribution is -2.25. The molecule has 0 fully saturated rings. The van der Waals surface area contributed by atoms with Crippen molar-refractivity contribution in [1.29, 1.82) is 0 Å². The van der Waals surface area contributed by atoms with Crippen molar-refractivity contribution in [2.45, 2.75) is 46.1 Å². The largest absolute Gasteiger partial charge is 0.388 e. The van der Waals surface area contributed by atoms with Crippen molar-refractivity contribution in [3.63, 3.8) is 0 Å². The minimum absolute atomic E-state index is 0.687. The lowest BCUT2D eigenvalue weighted by Gasteiger charge is -2.32. The third kappa shape index (κ3) is 3.84. The van der Waals surface area contributed by atoms with Crippen LogP contribution in [0.5, 0.6) is 0 Å². The molecule has 1 aromatic rings. The molecule has 3 rings (SSSR count). The Balaban J connectivity index is 1.84. The summed E-state index contributed by atoms with van der Waals surface area (Å²) >= 11 is 0. The Kier molecular flexibility index (Phi) is 5.67. The SMILES string of the molecule is C=C(NC)c1ccc(CN2CCCC(CC)C3=C2C=CCC3C)cc1. The van der Waals surface area contributed by atoms with Gasteiger partial charge in [-0.3, -0.25) is 0 Å². The van der Waals surface area contributed by atoms with E-state index in [2.05, 4.69) is 67.1 Å². The molecule has 2 atom stereocenters. The second-order valence-corrected chi connectivity index (χ2v) is 7.47. The number of hydrogen-bond acceptors (Lipinski definition) is 2. The first-order valence-corrected chi connectivity index (χ1v) is 9.75. The van der Waals surface area contributed by atoms with Gasteiger partial charge in [0.25, 0.3) is 0 Å². The topological polar surface area (TPSA) is 15.3 Å². The van der Waals surface area contributed by atoms with Crippen molar-refractivity contribution in [2.24, 2.45) is 11.8 Å². The highest BCUT2D eigenvalue weighted by molar-refractivity contribution is 5.61. The molecule has 1 N–H and O–H groups in total. The number of allylic oxidation sites excluding steroid dienone is 3. The van der Waals surface area contributed by atoms with Crippen LogP contribution >= 0.6 is 0 Å². The predicted molar refractivity (Wildman–Crippen MR) is 108 cm³/mol. The van der Waals surface area contributed by atoms with Gasteiger partial charge in [-0.25, -0.2) is 0 Å². The number of nitrogens with one attached hydrogen (secondary N) is 1. The van der Waals surface area contributed by atoms with Gasteiger partial charge in [0.2, 0.25) is 0 Å². The molecule has 0 spiro atoms. The lowest BCUT2D eigenvalue weighted by atomic mass is 9.80. The molecule has 1 heterocycles. The van der Waals surface area contributed by atoms with Crippen molar-refractivity contribution in [3.05, 3.63) is 65.4 Å². The minimum Gasteiger partial charge on any atom is -0.388 e. The van der Waals surface area contributed by atoms with E-state index < -0.39 is 0 Å². The smallest absolute Gasteiger partial charge is 0.0429 e. The standard InChI is InChI=1S/C23H32N2/c1-5-20-9-7-15-25(22-10-6-8-17(2)23(20)22)16-19-11-13-21(14-12-19)18(3)24-4/h6,10-14,17,20,24H,3,5,7-9,15-16H2,1-2,4H3. The van der Waals surface area contributed by atoms with E-state index in [4.69, 9.17) is 0 Å². The van der Waals surface area contributed by atoms with Gasteiger partial charge < -0.3 is 10.2 Å². The summed E-state index contributed by atoms with van der Waals surface area (Å²) in [4.78, 5) is 2.61. The molecular formula is C23H32N2. The van der Waals surface area contributed by atoms with E-state index in [1.54, 1.807) is 5.57 Å². The first-order valence-electron chi connectivity index (χ1n) is 9.75. The fourth-order valence-corrected chi connectivity index (χ4v) is 4.33. The first kappa shape index (κ1) is 17.8. The second-order valence-electron chi connectivity index (χ2n) is 7.47. The van der Waals surface area contributed by atoms with Gasteiger partial charge in [-0.15, -0.1) is 0 Å². The molecule has 1 aliphatic carbocycles. The lowest BCUT2D eigenvalue weighted by molar-refractivity contribution is 0.341. The molecule has 0 amide bonds. The van der Waals surface area contributed by atoms with Crippen molar-refractivity contribution in [2.75, 3.05) is 13.6 Å². The average molecular weight is 337 g/mol. The van der Waals surface area contributed by atoms with Crippen LogP contribution in [0.25, 0.3) is 5.70 Å². The molecule has 1 aromatic carbocycles. The Morgan fingerprint density at radius 3 is 2.72 bits per heavy atom. The molecule has 2 heteroatoms. The summed E-state index contributed by atoms with van der Waals surface area (Å²) in [5.41, 5.74) is 6.73. The number of hydrogen-bond donors (Lipinski definition) is 1. The van der Waals surface area contributed by atoms with Gasteiger partial charge in [-0.1, -0.05) is 50.8 Å². The zero-order valence-corrected chi connectivity index (χ0v) is 16.0. The van der Waals surface area contributed by atoms with E-state index in [1.807, 2.05) is 7.05 Å². The van der Waals surface area contributed by atoms with Crippen LogP contribution in [0.15, 0.2) is 54.3 Å². The Bertz CT molecular complexity index is 666. The predicted octanol–water partition coefficient (Wildman–Crippen LogP) is 5.35. The van der Waals surface area contributed by atoms with Crippen LogP contribution < -0.4 is 5.32 Å². The Labute approximate surface area is 153 Å². The monoisotopic (exact) mass is 336 g/mol. The van der Waals surface area contributed by atoms with Crippen molar-refractivity contribution in [1.82, 2.24) is 10.2 Å². The Hall–Kier alpha value is -1.96. The molecule has 0 radical (unpaired) electrons. The van der Waals surface area contributed by atoms with E-state index in [0.717, 1.165) is 24.7 Å². The fourth-order valence-electron chi connectivity index (χ4n) is 4.33. The molecule has 0 saturated carbocycles. The van der Waals surface area contributed by atoms with E-state index in [1.165, 1.54) is 42.5 Å². The van der Waals surface area contributed by atoms with Gasteiger partial charge in [-0.2, -0.15) is 0 Å². The minimum atomic E-state index is 0.687. The van der Waals surface area contributed by atoms with Crippen LogP contribution in [0.2, 0.25) is 0 Å². The number of benzene rings is 1. The molecule has 2 nitrogen and oxygen atoms in total. The van der Waals surface area contributed by atoms with Crippen LogP contribution in [0.3, 0.4) is 0 Å². The maximum atomic E-state index is 4.04. The van der Waals surface area contributed by atoms with Crippen molar-refractivity contribution in [3.8, 4) is 0 Å². The Morgan fingerprint density at radius 1 is 1.28 bits per heavy atom. The highest BCUT2D eigenvalue weighted by Crippen LogP contribution is 2.39.